The largest absolute Gasteiger partial charge is 0.382 e. The van der Waals surface area contributed by atoms with Crippen molar-refractivity contribution in [2.45, 2.75) is 67.5 Å². The number of amides is 1. The average molecular weight is 563 g/mol. The smallest absolute Gasteiger partial charge is 0.291 e. The van der Waals surface area contributed by atoms with Crippen LogP contribution in [0.1, 0.15) is 72.5 Å². The summed E-state index contributed by atoms with van der Waals surface area (Å²) < 4.78 is 27.5. The maximum Gasteiger partial charge on any atom is 0.291 e. The summed E-state index contributed by atoms with van der Waals surface area (Å²) in [6.07, 6.45) is 10.9. The third-order valence-corrected chi connectivity index (χ3v) is 9.68. The van der Waals surface area contributed by atoms with E-state index in [0.29, 0.717) is 24.2 Å². The first-order chi connectivity index (χ1) is 19.3. The van der Waals surface area contributed by atoms with Crippen molar-refractivity contribution in [3.8, 4) is 11.1 Å². The molecule has 7 heterocycles. The molecule has 3 aliphatic rings. The lowest BCUT2D eigenvalue weighted by Gasteiger charge is -2.38. The molecule has 208 valence electrons. The van der Waals surface area contributed by atoms with Crippen molar-refractivity contribution < 1.29 is 13.2 Å². The second kappa shape index (κ2) is 9.34. The van der Waals surface area contributed by atoms with Crippen LogP contribution in [0.3, 0.4) is 0 Å². The lowest BCUT2D eigenvalue weighted by atomic mass is 9.87. The van der Waals surface area contributed by atoms with Gasteiger partial charge in [-0.1, -0.05) is 6.07 Å². The van der Waals surface area contributed by atoms with Gasteiger partial charge >= 0.3 is 0 Å². The van der Waals surface area contributed by atoms with Crippen LogP contribution in [0, 0.1) is 0 Å². The minimum Gasteiger partial charge on any atom is -0.382 e. The summed E-state index contributed by atoms with van der Waals surface area (Å²) in [6, 6.07) is 4.15. The van der Waals surface area contributed by atoms with Crippen LogP contribution in [0.2, 0.25) is 0 Å². The standard InChI is InChI=1S/C26H30N10O3S/c1-40(38,39)22-21(15-9-16-5-6-17(10-15)35(16)26(37)24-30-13-31-34-24)33-25-18(12-32-36(25)23(22)27)14-4-7-20(29-11-14)19-3-2-8-28-19/h4,7,11-13,15-17,19,28H,2-3,5-6,8-10,27H2,1H3,(H,30,31,34). The Morgan fingerprint density at radius 2 is 1.90 bits per heavy atom. The Balaban J connectivity index is 1.27. The number of nitrogens with two attached hydrogens (primary N) is 1. The van der Waals surface area contributed by atoms with E-state index in [1.54, 1.807) is 6.20 Å². The Kier molecular flexibility index (Phi) is 5.85. The first-order valence-electron chi connectivity index (χ1n) is 13.5. The van der Waals surface area contributed by atoms with E-state index in [2.05, 4.69) is 30.6 Å². The van der Waals surface area contributed by atoms with Crippen molar-refractivity contribution in [1.82, 2.24) is 45.0 Å². The molecular formula is C26H30N10O3S. The van der Waals surface area contributed by atoms with Crippen molar-refractivity contribution in [2.75, 3.05) is 18.5 Å². The summed E-state index contributed by atoms with van der Waals surface area (Å²) in [7, 11) is -3.73. The predicted octanol–water partition coefficient (Wildman–Crippen LogP) is 1.87. The first-order valence-corrected chi connectivity index (χ1v) is 15.4. The zero-order valence-corrected chi connectivity index (χ0v) is 22.8. The average Bonchev–Trinajstić information content (AvgIpc) is 3.74. The summed E-state index contributed by atoms with van der Waals surface area (Å²) in [5.74, 6) is -0.120. The molecule has 40 heavy (non-hydrogen) atoms. The number of nitrogens with one attached hydrogen (secondary N) is 2. The van der Waals surface area contributed by atoms with Crippen LogP contribution in [0.25, 0.3) is 16.8 Å². The van der Waals surface area contributed by atoms with Crippen molar-refractivity contribution >= 4 is 27.2 Å². The Hall–Kier alpha value is -3.91. The Labute approximate surface area is 230 Å². The van der Waals surface area contributed by atoms with Gasteiger partial charge in [-0.15, -0.1) is 0 Å². The normalized spacial score (nSPS) is 24.7. The van der Waals surface area contributed by atoms with E-state index >= 15 is 0 Å². The molecule has 13 nitrogen and oxygen atoms in total. The van der Waals surface area contributed by atoms with Crippen molar-refractivity contribution in [1.29, 1.82) is 0 Å². The van der Waals surface area contributed by atoms with Gasteiger partial charge in [-0.05, 0) is 51.1 Å². The molecule has 3 aliphatic heterocycles. The van der Waals surface area contributed by atoms with Gasteiger partial charge in [0.15, 0.2) is 15.5 Å². The molecule has 2 bridgehead atoms. The number of piperidine rings is 1. The van der Waals surface area contributed by atoms with Gasteiger partial charge in [-0.3, -0.25) is 14.9 Å². The highest BCUT2D eigenvalue weighted by atomic mass is 32.2. The van der Waals surface area contributed by atoms with Gasteiger partial charge in [0.1, 0.15) is 17.0 Å². The van der Waals surface area contributed by atoms with E-state index in [4.69, 9.17) is 10.7 Å². The topological polar surface area (TPSA) is 177 Å². The van der Waals surface area contributed by atoms with Gasteiger partial charge in [0.2, 0.25) is 5.82 Å². The minimum atomic E-state index is -3.73. The Morgan fingerprint density at radius 1 is 1.10 bits per heavy atom. The molecule has 4 N–H and O–H groups in total. The number of rotatable bonds is 5. The molecule has 3 atom stereocenters. The zero-order valence-electron chi connectivity index (χ0n) is 22.0. The van der Waals surface area contributed by atoms with Crippen molar-refractivity contribution in [3.63, 3.8) is 0 Å². The number of carbonyl (C=O) groups excluding carboxylic acids is 1. The number of aromatic nitrogens is 7. The molecule has 3 unspecified atom stereocenters. The molecule has 0 radical (unpaired) electrons. The lowest BCUT2D eigenvalue weighted by molar-refractivity contribution is 0.0556. The summed E-state index contributed by atoms with van der Waals surface area (Å²) >= 11 is 0. The number of nitrogen functional groups attached to an aromatic ring is 1. The number of pyridine rings is 1. The molecule has 14 heteroatoms. The number of H-pyrrole nitrogens is 1. The number of sulfone groups is 1. The predicted molar refractivity (Wildman–Crippen MR) is 145 cm³/mol. The van der Waals surface area contributed by atoms with Gasteiger partial charge in [0.05, 0.1) is 17.6 Å². The molecule has 4 aromatic heterocycles. The molecule has 4 aromatic rings. The Bertz CT molecular complexity index is 1680. The van der Waals surface area contributed by atoms with Crippen LogP contribution in [0.15, 0.2) is 35.7 Å². The van der Waals surface area contributed by atoms with Crippen LogP contribution in [0.5, 0.6) is 0 Å². The minimum absolute atomic E-state index is 0.00911. The molecule has 7 rings (SSSR count). The van der Waals surface area contributed by atoms with E-state index < -0.39 is 9.84 Å². The van der Waals surface area contributed by atoms with Crippen LogP contribution >= 0.6 is 0 Å². The summed E-state index contributed by atoms with van der Waals surface area (Å²) in [5, 5.41) is 14.4. The van der Waals surface area contributed by atoms with E-state index in [0.717, 1.165) is 55.3 Å². The summed E-state index contributed by atoms with van der Waals surface area (Å²) in [4.78, 5) is 28.7. The van der Waals surface area contributed by atoms with Crippen LogP contribution in [-0.2, 0) is 9.84 Å². The molecular weight excluding hydrogens is 532 g/mol. The molecule has 0 aromatic carbocycles. The zero-order chi connectivity index (χ0) is 27.6. The van der Waals surface area contributed by atoms with Crippen LogP contribution in [0.4, 0.5) is 5.82 Å². The fourth-order valence-corrected chi connectivity index (χ4v) is 7.81. The molecule has 0 spiro atoms. The van der Waals surface area contributed by atoms with E-state index in [1.165, 1.54) is 10.8 Å². The van der Waals surface area contributed by atoms with Gasteiger partial charge in [0, 0.05) is 47.6 Å². The number of hydrogen-bond donors (Lipinski definition) is 3. The number of fused-ring (bicyclic) bond motifs is 3. The lowest BCUT2D eigenvalue weighted by Crippen LogP contribution is -2.46. The molecule has 1 amide bonds. The third kappa shape index (κ3) is 4.04. The fraction of sp³-hybridized carbons (Fsp3) is 0.462. The van der Waals surface area contributed by atoms with E-state index in [9.17, 15) is 13.2 Å². The summed E-state index contributed by atoms with van der Waals surface area (Å²) in [5.41, 5.74) is 9.99. The van der Waals surface area contributed by atoms with Crippen molar-refractivity contribution in [3.05, 3.63) is 48.1 Å². The van der Waals surface area contributed by atoms with Gasteiger partial charge in [-0.2, -0.15) is 14.7 Å². The maximum atomic E-state index is 13.1. The second-order valence-electron chi connectivity index (χ2n) is 11.0. The number of hydrogen-bond acceptors (Lipinski definition) is 10. The molecule has 3 saturated heterocycles. The number of nitrogens with zero attached hydrogens (tertiary/aromatic N) is 7. The number of carbonyl (C=O) groups is 1. The quantitative estimate of drug-likeness (QED) is 0.325. The van der Waals surface area contributed by atoms with Gasteiger partial charge in [0.25, 0.3) is 5.91 Å². The SMILES string of the molecule is CS(=O)(=O)c1c(C2CC3CCC(C2)N3C(=O)c2ncn[nH]2)nc2c(-c3ccc(C4CCCN4)nc3)cnn2c1N. The van der Waals surface area contributed by atoms with Crippen molar-refractivity contribution in [2.24, 2.45) is 0 Å². The molecule has 0 aliphatic carbocycles. The maximum absolute atomic E-state index is 13.1. The Morgan fingerprint density at radius 3 is 2.52 bits per heavy atom. The van der Waals surface area contributed by atoms with E-state index in [1.807, 2.05) is 23.2 Å². The fourth-order valence-electron chi connectivity index (χ4n) is 6.75. The molecule has 0 saturated carbocycles. The first kappa shape index (κ1) is 25.1. The highest BCUT2D eigenvalue weighted by molar-refractivity contribution is 7.91. The third-order valence-electron chi connectivity index (χ3n) is 8.52. The molecule has 3 fully saturated rings. The number of anilines is 1. The van der Waals surface area contributed by atoms with E-state index in [-0.39, 0.29) is 46.5 Å². The summed E-state index contributed by atoms with van der Waals surface area (Å²) in [6.45, 7) is 0.992. The highest BCUT2D eigenvalue weighted by Crippen LogP contribution is 2.45. The van der Waals surface area contributed by atoms with Crippen LogP contribution in [-0.4, -0.2) is 78.9 Å². The van der Waals surface area contributed by atoms with Crippen LogP contribution < -0.4 is 11.1 Å². The monoisotopic (exact) mass is 562 g/mol. The van der Waals surface area contributed by atoms with Gasteiger partial charge < -0.3 is 16.0 Å². The number of aromatic amines is 1. The second-order valence-corrected chi connectivity index (χ2v) is 13.0. The highest BCUT2D eigenvalue weighted by Gasteiger charge is 2.46. The van der Waals surface area contributed by atoms with Gasteiger partial charge in [-0.25, -0.2) is 18.4 Å².